The van der Waals surface area contributed by atoms with E-state index in [0.717, 1.165) is 16.0 Å². The molecule has 0 radical (unpaired) electrons. The number of hydrogen-bond donors (Lipinski definition) is 1. The van der Waals surface area contributed by atoms with Gasteiger partial charge in [-0.25, -0.2) is 0 Å². The first-order chi connectivity index (χ1) is 9.17. The van der Waals surface area contributed by atoms with Crippen molar-refractivity contribution < 1.29 is 9.84 Å². The van der Waals surface area contributed by atoms with Gasteiger partial charge in [-0.2, -0.15) is 0 Å². The van der Waals surface area contributed by atoms with Gasteiger partial charge in [0.25, 0.3) is 0 Å². The van der Waals surface area contributed by atoms with Gasteiger partial charge in [0, 0.05) is 4.90 Å². The predicted molar refractivity (Wildman–Crippen MR) is 80.3 cm³/mol. The molecule has 0 saturated carbocycles. The Balaban J connectivity index is 2.38. The smallest absolute Gasteiger partial charge is 0.137 e. The SMILES string of the molecule is COc1ccc(C(O)c2ccccc2SC)cc1Cl. The molecule has 2 nitrogen and oxygen atoms in total. The minimum atomic E-state index is -0.688. The highest BCUT2D eigenvalue weighted by molar-refractivity contribution is 7.98. The molecule has 2 aromatic rings. The second-order valence-electron chi connectivity index (χ2n) is 4.04. The van der Waals surface area contributed by atoms with Gasteiger partial charge in [0.2, 0.25) is 0 Å². The fourth-order valence-corrected chi connectivity index (χ4v) is 2.82. The van der Waals surface area contributed by atoms with E-state index in [1.165, 1.54) is 0 Å². The van der Waals surface area contributed by atoms with E-state index in [-0.39, 0.29) is 0 Å². The summed E-state index contributed by atoms with van der Waals surface area (Å²) in [5.41, 5.74) is 1.64. The van der Waals surface area contributed by atoms with Gasteiger partial charge in [0.05, 0.1) is 12.1 Å². The number of aliphatic hydroxyl groups is 1. The van der Waals surface area contributed by atoms with Gasteiger partial charge >= 0.3 is 0 Å². The van der Waals surface area contributed by atoms with E-state index < -0.39 is 6.10 Å². The summed E-state index contributed by atoms with van der Waals surface area (Å²) in [6.07, 6.45) is 1.30. The van der Waals surface area contributed by atoms with Crippen LogP contribution in [0.2, 0.25) is 5.02 Å². The molecule has 0 bridgehead atoms. The third-order valence-electron chi connectivity index (χ3n) is 2.93. The zero-order chi connectivity index (χ0) is 13.8. The van der Waals surface area contributed by atoms with E-state index in [1.54, 1.807) is 31.0 Å². The zero-order valence-electron chi connectivity index (χ0n) is 10.8. The van der Waals surface area contributed by atoms with Gasteiger partial charge in [-0.15, -0.1) is 11.8 Å². The summed E-state index contributed by atoms with van der Waals surface area (Å²) in [5.74, 6) is 0.607. The first-order valence-electron chi connectivity index (χ1n) is 5.81. The Morgan fingerprint density at radius 3 is 2.58 bits per heavy atom. The van der Waals surface area contributed by atoms with Crippen LogP contribution >= 0.6 is 23.4 Å². The number of methoxy groups -OCH3 is 1. The molecule has 0 aliphatic carbocycles. The van der Waals surface area contributed by atoms with Crippen LogP contribution in [0, 0.1) is 0 Å². The molecule has 0 amide bonds. The summed E-state index contributed by atoms with van der Waals surface area (Å²) in [4.78, 5) is 1.06. The van der Waals surface area contributed by atoms with E-state index in [1.807, 2.05) is 36.6 Å². The van der Waals surface area contributed by atoms with Gasteiger partial charge in [-0.3, -0.25) is 0 Å². The fraction of sp³-hybridized carbons (Fsp3) is 0.200. The van der Waals surface area contributed by atoms with E-state index in [2.05, 4.69) is 0 Å². The quantitative estimate of drug-likeness (QED) is 0.859. The van der Waals surface area contributed by atoms with Crippen LogP contribution in [-0.2, 0) is 0 Å². The van der Waals surface area contributed by atoms with E-state index >= 15 is 0 Å². The maximum atomic E-state index is 10.5. The van der Waals surface area contributed by atoms with Gasteiger partial charge in [0.1, 0.15) is 11.9 Å². The lowest BCUT2D eigenvalue weighted by Crippen LogP contribution is -2.01. The van der Waals surface area contributed by atoms with Crippen LogP contribution in [0.15, 0.2) is 47.4 Å². The molecule has 2 aromatic carbocycles. The summed E-state index contributed by atoms with van der Waals surface area (Å²) in [6, 6.07) is 13.1. The lowest BCUT2D eigenvalue weighted by Gasteiger charge is -2.15. The molecule has 2 rings (SSSR count). The number of rotatable bonds is 4. The van der Waals surface area contributed by atoms with Crippen molar-refractivity contribution in [3.8, 4) is 5.75 Å². The van der Waals surface area contributed by atoms with Crippen molar-refractivity contribution in [2.45, 2.75) is 11.0 Å². The number of thioether (sulfide) groups is 1. The predicted octanol–water partition coefficient (Wildman–Crippen LogP) is 4.15. The first-order valence-corrected chi connectivity index (χ1v) is 7.42. The van der Waals surface area contributed by atoms with Crippen LogP contribution in [-0.4, -0.2) is 18.5 Å². The minimum absolute atomic E-state index is 0.501. The first kappa shape index (κ1) is 14.3. The molecule has 0 aromatic heterocycles. The average molecular weight is 295 g/mol. The third kappa shape index (κ3) is 3.06. The normalized spacial score (nSPS) is 12.2. The largest absolute Gasteiger partial charge is 0.495 e. The lowest BCUT2D eigenvalue weighted by atomic mass is 10.0. The molecule has 1 atom stereocenters. The summed E-state index contributed by atoms with van der Waals surface area (Å²) in [6.45, 7) is 0. The Bertz CT molecular complexity index is 572. The molecule has 19 heavy (non-hydrogen) atoms. The average Bonchev–Trinajstić information content (AvgIpc) is 2.46. The summed E-state index contributed by atoms with van der Waals surface area (Å²) < 4.78 is 5.11. The van der Waals surface area contributed by atoms with Crippen LogP contribution in [0.3, 0.4) is 0 Å². The van der Waals surface area contributed by atoms with Crippen LogP contribution in [0.4, 0.5) is 0 Å². The van der Waals surface area contributed by atoms with Crippen LogP contribution in [0.5, 0.6) is 5.75 Å². The van der Waals surface area contributed by atoms with E-state index in [4.69, 9.17) is 16.3 Å². The van der Waals surface area contributed by atoms with Crippen molar-refractivity contribution >= 4 is 23.4 Å². The van der Waals surface area contributed by atoms with Gasteiger partial charge in [-0.05, 0) is 35.6 Å². The summed E-state index contributed by atoms with van der Waals surface area (Å²) >= 11 is 7.71. The highest BCUT2D eigenvalue weighted by Gasteiger charge is 2.15. The number of halogens is 1. The maximum Gasteiger partial charge on any atom is 0.137 e. The molecule has 0 aliphatic rings. The molecule has 0 heterocycles. The second-order valence-corrected chi connectivity index (χ2v) is 5.29. The Morgan fingerprint density at radius 2 is 1.95 bits per heavy atom. The summed E-state index contributed by atoms with van der Waals surface area (Å²) in [5, 5.41) is 11.0. The Morgan fingerprint density at radius 1 is 1.21 bits per heavy atom. The molecule has 0 aliphatic heterocycles. The number of hydrogen-bond acceptors (Lipinski definition) is 3. The van der Waals surface area contributed by atoms with Gasteiger partial charge in [0.15, 0.2) is 0 Å². The molecule has 1 N–H and O–H groups in total. The van der Waals surface area contributed by atoms with E-state index in [0.29, 0.717) is 10.8 Å². The number of benzene rings is 2. The standard InChI is InChI=1S/C15H15ClO2S/c1-18-13-8-7-10(9-12(13)16)15(17)11-5-3-4-6-14(11)19-2/h3-9,15,17H,1-2H3. The molecular formula is C15H15ClO2S. The molecule has 0 spiro atoms. The third-order valence-corrected chi connectivity index (χ3v) is 4.03. The van der Waals surface area contributed by atoms with Crippen molar-refractivity contribution in [1.82, 2.24) is 0 Å². The second kappa shape index (κ2) is 6.33. The lowest BCUT2D eigenvalue weighted by molar-refractivity contribution is 0.217. The minimum Gasteiger partial charge on any atom is -0.495 e. The van der Waals surface area contributed by atoms with E-state index in [9.17, 15) is 5.11 Å². The van der Waals surface area contributed by atoms with Crippen molar-refractivity contribution in [1.29, 1.82) is 0 Å². The molecule has 0 saturated heterocycles. The molecule has 4 heteroatoms. The molecule has 1 unspecified atom stereocenters. The van der Waals surface area contributed by atoms with Gasteiger partial charge in [-0.1, -0.05) is 35.9 Å². The van der Waals surface area contributed by atoms with Crippen molar-refractivity contribution in [3.05, 3.63) is 58.6 Å². The topological polar surface area (TPSA) is 29.5 Å². The maximum absolute atomic E-state index is 10.5. The Hall–Kier alpha value is -1.16. The fourth-order valence-electron chi connectivity index (χ4n) is 1.92. The summed E-state index contributed by atoms with van der Waals surface area (Å²) in [7, 11) is 1.57. The van der Waals surface area contributed by atoms with Crippen molar-refractivity contribution in [3.63, 3.8) is 0 Å². The molecule has 0 fully saturated rings. The number of ether oxygens (including phenoxy) is 1. The molecule has 100 valence electrons. The van der Waals surface area contributed by atoms with Crippen LogP contribution < -0.4 is 4.74 Å². The highest BCUT2D eigenvalue weighted by atomic mass is 35.5. The monoisotopic (exact) mass is 294 g/mol. The van der Waals surface area contributed by atoms with Crippen molar-refractivity contribution in [2.24, 2.45) is 0 Å². The molecular weight excluding hydrogens is 280 g/mol. The van der Waals surface area contributed by atoms with Gasteiger partial charge < -0.3 is 9.84 Å². The zero-order valence-corrected chi connectivity index (χ0v) is 12.3. The van der Waals surface area contributed by atoms with Crippen molar-refractivity contribution in [2.75, 3.05) is 13.4 Å². The van der Waals surface area contributed by atoms with Crippen LogP contribution in [0.25, 0.3) is 0 Å². The van der Waals surface area contributed by atoms with Crippen LogP contribution in [0.1, 0.15) is 17.2 Å². The highest BCUT2D eigenvalue weighted by Crippen LogP contribution is 2.33. The Labute approximate surface area is 122 Å². The number of aliphatic hydroxyl groups excluding tert-OH is 1. The Kier molecular flexibility index (Phi) is 4.75.